The number of rotatable bonds is 6. The van der Waals surface area contributed by atoms with E-state index >= 15 is 0 Å². The summed E-state index contributed by atoms with van der Waals surface area (Å²) >= 11 is 45.1. The van der Waals surface area contributed by atoms with Crippen LogP contribution in [-0.2, 0) is 16.1 Å². The van der Waals surface area contributed by atoms with Crippen molar-refractivity contribution in [2.45, 2.75) is 20.6 Å². The Morgan fingerprint density at radius 2 is 1.44 bits per heavy atom. The van der Waals surface area contributed by atoms with Gasteiger partial charge in [-0.05, 0) is 18.2 Å². The van der Waals surface area contributed by atoms with Crippen LogP contribution in [0.4, 0.5) is 11.4 Å². The molecule has 2 aliphatic carbocycles. The maximum Gasteiger partial charge on any atom is 0.275 e. The van der Waals surface area contributed by atoms with Crippen molar-refractivity contribution in [3.05, 3.63) is 88.9 Å². The lowest BCUT2D eigenvalue weighted by atomic mass is 9.84. The van der Waals surface area contributed by atoms with Gasteiger partial charge in [-0.2, -0.15) is 5.01 Å². The number of hydrogen-bond donors (Lipinski definition) is 0. The first-order valence-corrected chi connectivity index (χ1v) is 13.8. The lowest BCUT2D eigenvalue weighted by Gasteiger charge is -2.37. The second-order valence-electron chi connectivity index (χ2n) is 9.27. The predicted octanol–water partition coefficient (Wildman–Crippen LogP) is 6.16. The van der Waals surface area contributed by atoms with Gasteiger partial charge < -0.3 is 0 Å². The summed E-state index contributed by atoms with van der Waals surface area (Å²) in [5, 5.41) is 23.4. The summed E-state index contributed by atoms with van der Waals surface area (Å²) in [6, 6.07) is 7.94. The van der Waals surface area contributed by atoms with Crippen LogP contribution >= 0.6 is 81.2 Å². The molecule has 11 nitrogen and oxygen atoms in total. The lowest BCUT2D eigenvalue weighted by Crippen LogP contribution is -2.55. The van der Waals surface area contributed by atoms with Crippen LogP contribution in [0.15, 0.2) is 52.5 Å². The molecule has 18 heteroatoms. The molecule has 2 fully saturated rings. The number of carbonyl (C=O) groups excluding carboxylic acids is 3. The number of nitrogens with zero attached hydrogens (tertiary/aromatic N) is 4. The van der Waals surface area contributed by atoms with Crippen LogP contribution in [0, 0.1) is 32.1 Å². The first-order chi connectivity index (χ1) is 19.0. The second kappa shape index (κ2) is 9.84. The summed E-state index contributed by atoms with van der Waals surface area (Å²) in [6.07, 6.45) is 0. The Morgan fingerprint density at radius 1 is 0.878 bits per heavy atom. The maximum absolute atomic E-state index is 14.0. The van der Waals surface area contributed by atoms with Gasteiger partial charge in [0.05, 0.1) is 43.9 Å². The number of carbonyl (C=O) groups is 3. The van der Waals surface area contributed by atoms with Crippen molar-refractivity contribution in [3.63, 3.8) is 0 Å². The van der Waals surface area contributed by atoms with Gasteiger partial charge in [-0.3, -0.25) is 34.6 Å². The third kappa shape index (κ3) is 3.90. The van der Waals surface area contributed by atoms with Crippen LogP contribution in [-0.4, -0.2) is 51.7 Å². The molecule has 1 heterocycles. The molecule has 0 radical (unpaired) electrons. The number of halogens is 7. The number of hydrazine groups is 1. The average molecular weight is 704 g/mol. The molecule has 3 amide bonds. The van der Waals surface area contributed by atoms with Gasteiger partial charge in [-0.25, -0.2) is 5.01 Å². The number of benzene rings is 2. The van der Waals surface area contributed by atoms with E-state index in [2.05, 4.69) is 0 Å². The second-order valence-corrected chi connectivity index (χ2v) is 13.0. The van der Waals surface area contributed by atoms with Gasteiger partial charge in [-0.1, -0.05) is 64.1 Å². The van der Waals surface area contributed by atoms with Crippen molar-refractivity contribution >= 4 is 110 Å². The number of fused-ring (bicyclic) bond motifs is 5. The molecule has 2 aromatic carbocycles. The van der Waals surface area contributed by atoms with E-state index < -0.39 is 71.4 Å². The van der Waals surface area contributed by atoms with Crippen molar-refractivity contribution in [1.82, 2.24) is 10.0 Å². The number of amides is 3. The van der Waals surface area contributed by atoms with Gasteiger partial charge in [0.1, 0.15) is 9.75 Å². The van der Waals surface area contributed by atoms with Crippen LogP contribution in [0.2, 0.25) is 5.02 Å². The van der Waals surface area contributed by atoms with Crippen molar-refractivity contribution in [3.8, 4) is 0 Å². The Labute approximate surface area is 264 Å². The quantitative estimate of drug-likeness (QED) is 0.152. The molecular formula is C23H11Cl7N4O7. The first-order valence-electron chi connectivity index (χ1n) is 11.2. The van der Waals surface area contributed by atoms with E-state index in [9.17, 15) is 34.6 Å². The number of allylic oxidation sites excluding steroid dienone is 2. The fourth-order valence-corrected chi connectivity index (χ4v) is 8.45. The van der Waals surface area contributed by atoms with Crippen LogP contribution in [0.25, 0.3) is 0 Å². The van der Waals surface area contributed by atoms with Crippen LogP contribution in [0.1, 0.15) is 15.9 Å². The van der Waals surface area contributed by atoms with Crippen LogP contribution in [0.5, 0.6) is 0 Å². The van der Waals surface area contributed by atoms with Crippen LogP contribution in [0.3, 0.4) is 0 Å². The molecule has 5 rings (SSSR count). The van der Waals surface area contributed by atoms with Gasteiger partial charge >= 0.3 is 0 Å². The molecule has 4 atom stereocenters. The largest absolute Gasteiger partial charge is 0.275 e. The molecule has 2 bridgehead atoms. The molecule has 214 valence electrons. The highest BCUT2D eigenvalue weighted by molar-refractivity contribution is 6.66. The van der Waals surface area contributed by atoms with E-state index in [0.29, 0.717) is 10.0 Å². The number of alkyl halides is 4. The van der Waals surface area contributed by atoms with Gasteiger partial charge in [0.25, 0.3) is 29.1 Å². The zero-order valence-electron chi connectivity index (χ0n) is 19.7. The summed E-state index contributed by atoms with van der Waals surface area (Å²) in [7, 11) is 0. The van der Waals surface area contributed by atoms with Crippen molar-refractivity contribution in [1.29, 1.82) is 0 Å². The fraction of sp³-hybridized carbons (Fsp3) is 0.261. The number of nitro benzene ring substituents is 2. The molecular weight excluding hydrogens is 692 g/mol. The smallest absolute Gasteiger partial charge is 0.272 e. The summed E-state index contributed by atoms with van der Waals surface area (Å²) in [5.41, 5.74) is -1.47. The van der Waals surface area contributed by atoms with Crippen LogP contribution < -0.4 is 0 Å². The van der Waals surface area contributed by atoms with E-state index in [-0.39, 0.29) is 26.2 Å². The highest BCUT2D eigenvalue weighted by Crippen LogP contribution is 2.77. The van der Waals surface area contributed by atoms with E-state index in [4.69, 9.17) is 81.2 Å². The third-order valence-electron chi connectivity index (χ3n) is 7.23. The van der Waals surface area contributed by atoms with Crippen molar-refractivity contribution < 1.29 is 24.2 Å². The minimum atomic E-state index is -2.24. The molecule has 3 aliphatic rings. The van der Waals surface area contributed by atoms with E-state index in [1.807, 2.05) is 0 Å². The zero-order chi connectivity index (χ0) is 30.4. The highest BCUT2D eigenvalue weighted by atomic mass is 35.5. The maximum atomic E-state index is 14.0. The number of imide groups is 1. The minimum absolute atomic E-state index is 0.000490. The van der Waals surface area contributed by atoms with Gasteiger partial charge in [0, 0.05) is 28.8 Å². The average Bonchev–Trinajstić information content (AvgIpc) is 3.30. The minimum Gasteiger partial charge on any atom is -0.272 e. The van der Waals surface area contributed by atoms with Gasteiger partial charge in [0.15, 0.2) is 4.33 Å². The SMILES string of the molecule is O=C(c1cccc([N+](=O)[O-])c1)N(Cc1ccc(Cl)cc1[N+](=O)[O-])N1C(=O)[C@@H]2[C@H](C1=O)[C@@]1(Cl)C(Cl)=C(Cl)[C@@]2(Cl)C1(Cl)Cl. The van der Waals surface area contributed by atoms with E-state index in [1.165, 1.54) is 24.3 Å². The fourth-order valence-electron chi connectivity index (χ4n) is 5.36. The summed E-state index contributed by atoms with van der Waals surface area (Å²) < 4.78 is -2.24. The van der Waals surface area contributed by atoms with E-state index in [0.717, 1.165) is 18.2 Å². The standard InChI is InChI=1S/C23H11Cl7N4O7/c24-11-5-4-10(13(7-11)34(40)41)8-31(18(35)9-2-1-3-12(6-9)33(38)39)32-19(36)14-15(20(32)37)22(28)17(26)16(25)21(14,27)23(22,29)30/h1-7,14-15H,8H2/t14-,15+,21-,22-/m1/s1. The molecule has 0 N–H and O–H groups in total. The molecule has 0 aromatic heterocycles. The molecule has 1 saturated heterocycles. The Morgan fingerprint density at radius 3 is 1.95 bits per heavy atom. The van der Waals surface area contributed by atoms with Gasteiger partial charge in [-0.15, -0.1) is 23.2 Å². The zero-order valence-corrected chi connectivity index (χ0v) is 25.0. The topological polar surface area (TPSA) is 144 Å². The van der Waals surface area contributed by atoms with Crippen molar-refractivity contribution in [2.24, 2.45) is 11.8 Å². The summed E-state index contributed by atoms with van der Waals surface area (Å²) in [6.45, 7) is -0.738. The number of non-ortho nitro benzene ring substituents is 1. The molecule has 0 spiro atoms. The molecule has 2 aromatic rings. The Kier molecular flexibility index (Phi) is 7.22. The summed E-state index contributed by atoms with van der Waals surface area (Å²) in [4.78, 5) is 59.0. The number of nitro groups is 2. The Bertz CT molecular complexity index is 1590. The first kappa shape index (κ1) is 30.1. The van der Waals surface area contributed by atoms with Crippen molar-refractivity contribution in [2.75, 3.05) is 0 Å². The van der Waals surface area contributed by atoms with Gasteiger partial charge in [0.2, 0.25) is 0 Å². The Hall–Kier alpha value is -2.38. The molecule has 41 heavy (non-hydrogen) atoms. The lowest BCUT2D eigenvalue weighted by molar-refractivity contribution is -0.385. The molecule has 1 saturated carbocycles. The summed E-state index contributed by atoms with van der Waals surface area (Å²) in [5.74, 6) is -6.55. The van der Waals surface area contributed by atoms with E-state index in [1.54, 1.807) is 0 Å². The highest BCUT2D eigenvalue weighted by Gasteiger charge is 2.88. The number of hydrogen-bond acceptors (Lipinski definition) is 7. The Balaban J connectivity index is 1.66. The third-order valence-corrected chi connectivity index (χ3v) is 11.7. The predicted molar refractivity (Wildman–Crippen MR) is 150 cm³/mol. The normalized spacial score (nSPS) is 27.8. The molecule has 0 unspecified atom stereocenters. The monoisotopic (exact) mass is 700 g/mol. The molecule has 1 aliphatic heterocycles.